The maximum absolute atomic E-state index is 5.94. The molecule has 1 aliphatic rings. The molecule has 0 amide bonds. The Morgan fingerprint density at radius 3 is 2.63 bits per heavy atom. The molecule has 1 atom stereocenters. The fraction of sp³-hybridized carbons (Fsp3) is 0.143. The zero-order chi connectivity index (χ0) is 13.2. The Morgan fingerprint density at radius 2 is 1.89 bits per heavy atom. The van der Waals surface area contributed by atoms with Crippen molar-refractivity contribution in [2.45, 2.75) is 12.5 Å². The normalized spacial score (nSPS) is 18.5. The Bertz CT molecular complexity index is 612. The lowest BCUT2D eigenvalue weighted by Crippen LogP contribution is -2.19. The lowest BCUT2D eigenvalue weighted by atomic mass is 10.0. The minimum Gasteiger partial charge on any atom is -0.386 e. The molecule has 3 rings (SSSR count). The largest absolute Gasteiger partial charge is 0.386 e. The minimum absolute atomic E-state index is 0.0761. The molecule has 0 spiro atoms. The van der Waals surface area contributed by atoms with Crippen LogP contribution in [0.3, 0.4) is 0 Å². The van der Waals surface area contributed by atoms with Crippen molar-refractivity contribution in [2.75, 3.05) is 5.01 Å². The lowest BCUT2D eigenvalue weighted by Gasteiger charge is -2.22. The summed E-state index contributed by atoms with van der Waals surface area (Å²) in [5, 5.41) is 6.64. The standard InChI is InChI=1S/C14H13ClN4/c15-12-7-4-8-14(17-12)19-11(9-13(16)18-19)10-5-2-1-3-6-10/h1-8,11H,9H2,(H2,16,18). The van der Waals surface area contributed by atoms with Crippen molar-refractivity contribution in [3.05, 3.63) is 59.2 Å². The van der Waals surface area contributed by atoms with Gasteiger partial charge in [0.2, 0.25) is 0 Å². The highest BCUT2D eigenvalue weighted by atomic mass is 35.5. The van der Waals surface area contributed by atoms with Gasteiger partial charge in [0.15, 0.2) is 5.82 Å². The molecule has 19 heavy (non-hydrogen) atoms. The summed E-state index contributed by atoms with van der Waals surface area (Å²) < 4.78 is 0. The van der Waals surface area contributed by atoms with Gasteiger partial charge in [-0.05, 0) is 17.7 Å². The second-order valence-corrected chi connectivity index (χ2v) is 4.77. The Labute approximate surface area is 116 Å². The highest BCUT2D eigenvalue weighted by Crippen LogP contribution is 2.33. The Kier molecular flexibility index (Phi) is 3.09. The average molecular weight is 273 g/mol. The summed E-state index contributed by atoms with van der Waals surface area (Å²) in [4.78, 5) is 4.29. The van der Waals surface area contributed by atoms with Crippen LogP contribution in [0.1, 0.15) is 18.0 Å². The molecule has 1 aromatic carbocycles. The van der Waals surface area contributed by atoms with Crippen LogP contribution in [-0.4, -0.2) is 10.8 Å². The van der Waals surface area contributed by atoms with E-state index in [0.29, 0.717) is 23.2 Å². The number of aromatic nitrogens is 1. The molecule has 1 unspecified atom stereocenters. The predicted molar refractivity (Wildman–Crippen MR) is 77.1 cm³/mol. The molecule has 0 bridgehead atoms. The Balaban J connectivity index is 1.98. The number of pyridine rings is 1. The van der Waals surface area contributed by atoms with Crippen molar-refractivity contribution in [3.8, 4) is 0 Å². The summed E-state index contributed by atoms with van der Waals surface area (Å²) in [5.41, 5.74) is 7.04. The van der Waals surface area contributed by atoms with E-state index < -0.39 is 0 Å². The van der Waals surface area contributed by atoms with Gasteiger partial charge in [0, 0.05) is 6.42 Å². The molecule has 96 valence electrons. The first kappa shape index (κ1) is 12.0. The average Bonchev–Trinajstić information content (AvgIpc) is 2.82. The Morgan fingerprint density at radius 1 is 1.11 bits per heavy atom. The molecule has 1 aliphatic heterocycles. The molecule has 0 saturated carbocycles. The summed E-state index contributed by atoms with van der Waals surface area (Å²) in [6.45, 7) is 0. The van der Waals surface area contributed by atoms with Gasteiger partial charge < -0.3 is 5.73 Å². The van der Waals surface area contributed by atoms with Gasteiger partial charge in [0.1, 0.15) is 11.0 Å². The first-order valence-corrected chi connectivity index (χ1v) is 6.41. The van der Waals surface area contributed by atoms with Gasteiger partial charge >= 0.3 is 0 Å². The van der Waals surface area contributed by atoms with Crippen LogP contribution in [0.25, 0.3) is 0 Å². The lowest BCUT2D eigenvalue weighted by molar-refractivity contribution is 0.698. The number of hydrazone groups is 1. The predicted octanol–water partition coefficient (Wildman–Crippen LogP) is 2.96. The van der Waals surface area contributed by atoms with Crippen molar-refractivity contribution in [3.63, 3.8) is 0 Å². The molecule has 2 heterocycles. The van der Waals surface area contributed by atoms with E-state index in [9.17, 15) is 0 Å². The monoisotopic (exact) mass is 272 g/mol. The zero-order valence-electron chi connectivity index (χ0n) is 10.2. The summed E-state index contributed by atoms with van der Waals surface area (Å²) >= 11 is 5.94. The first-order chi connectivity index (χ1) is 9.24. The molecule has 5 heteroatoms. The van der Waals surface area contributed by atoms with Crippen molar-refractivity contribution in [2.24, 2.45) is 10.8 Å². The van der Waals surface area contributed by atoms with Crippen LogP contribution in [0.5, 0.6) is 0 Å². The molecule has 0 saturated heterocycles. The van der Waals surface area contributed by atoms with Crippen LogP contribution in [0.15, 0.2) is 53.6 Å². The van der Waals surface area contributed by atoms with Gasteiger partial charge in [0.05, 0.1) is 6.04 Å². The molecule has 1 aromatic heterocycles. The topological polar surface area (TPSA) is 54.5 Å². The van der Waals surface area contributed by atoms with Crippen LogP contribution < -0.4 is 10.7 Å². The summed E-state index contributed by atoms with van der Waals surface area (Å²) in [5.74, 6) is 1.32. The van der Waals surface area contributed by atoms with E-state index in [4.69, 9.17) is 17.3 Å². The van der Waals surface area contributed by atoms with E-state index in [1.165, 1.54) is 0 Å². The Hall–Kier alpha value is -2.07. The molecular formula is C14H13ClN4. The summed E-state index contributed by atoms with van der Waals surface area (Å²) in [6.07, 6.45) is 0.693. The van der Waals surface area contributed by atoms with Crippen LogP contribution in [0, 0.1) is 0 Å². The molecule has 0 radical (unpaired) electrons. The minimum atomic E-state index is 0.0761. The van der Waals surface area contributed by atoms with Gasteiger partial charge in [-0.15, -0.1) is 0 Å². The number of amidine groups is 1. The van der Waals surface area contributed by atoms with Gasteiger partial charge in [-0.2, -0.15) is 5.10 Å². The number of rotatable bonds is 2. The highest BCUT2D eigenvalue weighted by molar-refractivity contribution is 6.29. The summed E-state index contributed by atoms with van der Waals surface area (Å²) in [7, 11) is 0. The maximum Gasteiger partial charge on any atom is 0.151 e. The number of anilines is 1. The van der Waals surface area contributed by atoms with Crippen molar-refractivity contribution in [1.29, 1.82) is 0 Å². The molecular weight excluding hydrogens is 260 g/mol. The maximum atomic E-state index is 5.94. The van der Waals surface area contributed by atoms with Crippen molar-refractivity contribution < 1.29 is 0 Å². The quantitative estimate of drug-likeness (QED) is 0.855. The molecule has 2 N–H and O–H groups in total. The smallest absolute Gasteiger partial charge is 0.151 e. The third-order valence-corrected chi connectivity index (χ3v) is 3.26. The molecule has 0 fully saturated rings. The van der Waals surface area contributed by atoms with Crippen LogP contribution >= 0.6 is 11.6 Å². The van der Waals surface area contributed by atoms with Gasteiger partial charge in [-0.3, -0.25) is 0 Å². The highest BCUT2D eigenvalue weighted by Gasteiger charge is 2.28. The first-order valence-electron chi connectivity index (χ1n) is 6.04. The third-order valence-electron chi connectivity index (χ3n) is 3.05. The fourth-order valence-corrected chi connectivity index (χ4v) is 2.36. The molecule has 0 aliphatic carbocycles. The second-order valence-electron chi connectivity index (χ2n) is 4.39. The number of nitrogens with zero attached hydrogens (tertiary/aromatic N) is 3. The SMILES string of the molecule is NC1=NN(c2cccc(Cl)n2)C(c2ccccc2)C1. The number of hydrogen-bond donors (Lipinski definition) is 1. The number of nitrogens with two attached hydrogens (primary N) is 1. The van der Waals surface area contributed by atoms with E-state index in [1.54, 1.807) is 6.07 Å². The molecule has 4 nitrogen and oxygen atoms in total. The van der Waals surface area contributed by atoms with E-state index in [2.05, 4.69) is 22.2 Å². The zero-order valence-corrected chi connectivity index (χ0v) is 11.0. The molecule has 2 aromatic rings. The van der Waals surface area contributed by atoms with E-state index in [-0.39, 0.29) is 6.04 Å². The number of benzene rings is 1. The van der Waals surface area contributed by atoms with Crippen molar-refractivity contribution in [1.82, 2.24) is 4.98 Å². The van der Waals surface area contributed by atoms with Crippen LogP contribution in [0.4, 0.5) is 5.82 Å². The van der Waals surface area contributed by atoms with Gasteiger partial charge in [-0.1, -0.05) is 48.0 Å². The second kappa shape index (κ2) is 4.90. The van der Waals surface area contributed by atoms with Crippen molar-refractivity contribution >= 4 is 23.3 Å². The van der Waals surface area contributed by atoms with E-state index in [1.807, 2.05) is 35.3 Å². The summed E-state index contributed by atoms with van der Waals surface area (Å²) in [6, 6.07) is 15.7. The van der Waals surface area contributed by atoms with E-state index >= 15 is 0 Å². The number of halogens is 1. The van der Waals surface area contributed by atoms with Gasteiger partial charge in [0.25, 0.3) is 0 Å². The van der Waals surface area contributed by atoms with Crippen LogP contribution in [0.2, 0.25) is 5.15 Å². The number of hydrogen-bond acceptors (Lipinski definition) is 4. The fourth-order valence-electron chi connectivity index (χ4n) is 2.20. The van der Waals surface area contributed by atoms with Crippen LogP contribution in [-0.2, 0) is 0 Å². The van der Waals surface area contributed by atoms with E-state index in [0.717, 1.165) is 5.56 Å². The third kappa shape index (κ3) is 2.39. The van der Waals surface area contributed by atoms with Gasteiger partial charge in [-0.25, -0.2) is 9.99 Å².